The first-order valence-corrected chi connectivity index (χ1v) is 15.1. The molecule has 0 aromatic heterocycles. The molecule has 0 saturated heterocycles. The summed E-state index contributed by atoms with van der Waals surface area (Å²) >= 11 is 0. The number of esters is 1. The number of halogens is 1. The van der Waals surface area contributed by atoms with Crippen LogP contribution in [0.4, 0.5) is 4.39 Å². The van der Waals surface area contributed by atoms with Crippen LogP contribution in [0.15, 0.2) is 95.9 Å². The molecular weight excluding hydrogens is 529 g/mol. The van der Waals surface area contributed by atoms with E-state index in [4.69, 9.17) is 4.74 Å². The van der Waals surface area contributed by atoms with Crippen LogP contribution in [-0.2, 0) is 30.9 Å². The predicted molar refractivity (Wildman–Crippen MR) is 153 cm³/mol. The maximum Gasteiger partial charge on any atom is 0.305 e. The Balaban J connectivity index is 1.40. The highest BCUT2D eigenvalue weighted by molar-refractivity contribution is 7.89. The van der Waals surface area contributed by atoms with Crippen molar-refractivity contribution in [2.75, 3.05) is 7.11 Å². The molecule has 0 radical (unpaired) electrons. The minimum absolute atomic E-state index is 0.0360. The highest BCUT2D eigenvalue weighted by Gasteiger charge is 2.38. The molecule has 3 aromatic carbocycles. The fourth-order valence-electron chi connectivity index (χ4n) is 5.05. The van der Waals surface area contributed by atoms with Crippen LogP contribution in [0.1, 0.15) is 44.1 Å². The number of hydrogen-bond donors (Lipinski definition) is 1. The third-order valence-corrected chi connectivity index (χ3v) is 8.77. The summed E-state index contributed by atoms with van der Waals surface area (Å²) in [4.78, 5) is 11.4. The van der Waals surface area contributed by atoms with Crippen LogP contribution in [0.5, 0.6) is 0 Å². The van der Waals surface area contributed by atoms with Crippen LogP contribution in [0.25, 0.3) is 11.1 Å². The van der Waals surface area contributed by atoms with Gasteiger partial charge >= 0.3 is 5.97 Å². The van der Waals surface area contributed by atoms with Crippen molar-refractivity contribution < 1.29 is 27.1 Å². The van der Waals surface area contributed by atoms with Crippen molar-refractivity contribution in [3.05, 3.63) is 102 Å². The molecule has 3 aromatic rings. The molecule has 1 N–H and O–H groups in total. The monoisotopic (exact) mass is 565 g/mol. The zero-order valence-corrected chi connectivity index (χ0v) is 23.5. The molecular formula is C32H36FNO5S. The maximum atomic E-state index is 13.4. The molecule has 3 atom stereocenters. The van der Waals surface area contributed by atoms with Gasteiger partial charge < -0.3 is 9.47 Å². The number of unbranched alkanes of at least 4 members (excludes halogenated alkanes) is 1. The van der Waals surface area contributed by atoms with E-state index in [1.807, 2.05) is 30.4 Å². The summed E-state index contributed by atoms with van der Waals surface area (Å²) in [6.07, 6.45) is 7.70. The number of carbonyl (C=O) groups excluding carboxylic acids is 1. The molecule has 8 heteroatoms. The average Bonchev–Trinajstić information content (AvgIpc) is 3.34. The molecule has 0 unspecified atom stereocenters. The number of nitrogens with one attached hydrogen (secondary N) is 1. The first kappa shape index (κ1) is 29.6. The van der Waals surface area contributed by atoms with E-state index in [-0.39, 0.29) is 28.9 Å². The average molecular weight is 566 g/mol. The summed E-state index contributed by atoms with van der Waals surface area (Å²) in [6.45, 7) is 0.427. The number of benzene rings is 3. The van der Waals surface area contributed by atoms with Gasteiger partial charge in [-0.25, -0.2) is 17.5 Å². The Labute approximate surface area is 236 Å². The van der Waals surface area contributed by atoms with Crippen molar-refractivity contribution in [3.63, 3.8) is 0 Å². The molecule has 4 rings (SSSR count). The molecule has 0 amide bonds. The third kappa shape index (κ3) is 8.34. The SMILES string of the molecule is COC(=O)CCC/C=C\C[C@@H]1[C@@H](NS(=O)(=O)c2ccc(F)cc2)CC[C@@H]1OCc1ccc(-c2ccccc2)cc1. The number of carbonyl (C=O) groups is 1. The lowest BCUT2D eigenvalue weighted by Gasteiger charge is -2.25. The van der Waals surface area contributed by atoms with Gasteiger partial charge in [-0.15, -0.1) is 0 Å². The van der Waals surface area contributed by atoms with Gasteiger partial charge in [-0.2, -0.15) is 0 Å². The topological polar surface area (TPSA) is 81.7 Å². The molecule has 212 valence electrons. The van der Waals surface area contributed by atoms with Crippen LogP contribution >= 0.6 is 0 Å². The van der Waals surface area contributed by atoms with Gasteiger partial charge in [0.15, 0.2) is 0 Å². The molecule has 1 saturated carbocycles. The number of methoxy groups -OCH3 is 1. The smallest absolute Gasteiger partial charge is 0.305 e. The maximum absolute atomic E-state index is 13.4. The van der Waals surface area contributed by atoms with Crippen molar-refractivity contribution in [1.29, 1.82) is 0 Å². The highest BCUT2D eigenvalue weighted by Crippen LogP contribution is 2.34. The van der Waals surface area contributed by atoms with E-state index >= 15 is 0 Å². The van der Waals surface area contributed by atoms with Gasteiger partial charge in [-0.05, 0) is 73.1 Å². The second-order valence-electron chi connectivity index (χ2n) is 10.0. The van der Waals surface area contributed by atoms with Crippen molar-refractivity contribution in [1.82, 2.24) is 4.72 Å². The van der Waals surface area contributed by atoms with Gasteiger partial charge in [0.25, 0.3) is 0 Å². The largest absolute Gasteiger partial charge is 0.469 e. The van der Waals surface area contributed by atoms with E-state index in [9.17, 15) is 17.6 Å². The molecule has 40 heavy (non-hydrogen) atoms. The molecule has 1 aliphatic rings. The van der Waals surface area contributed by atoms with Crippen molar-refractivity contribution in [2.45, 2.75) is 62.2 Å². The van der Waals surface area contributed by atoms with Crippen LogP contribution in [0.3, 0.4) is 0 Å². The van der Waals surface area contributed by atoms with Gasteiger partial charge in [-0.3, -0.25) is 4.79 Å². The molecule has 6 nitrogen and oxygen atoms in total. The third-order valence-electron chi connectivity index (χ3n) is 7.27. The van der Waals surface area contributed by atoms with Gasteiger partial charge in [0.2, 0.25) is 10.0 Å². The van der Waals surface area contributed by atoms with E-state index in [1.165, 1.54) is 19.2 Å². The first-order valence-electron chi connectivity index (χ1n) is 13.6. The summed E-state index contributed by atoms with van der Waals surface area (Å²) in [5.74, 6) is -0.791. The number of hydrogen-bond acceptors (Lipinski definition) is 5. The van der Waals surface area contributed by atoms with Crippen LogP contribution in [-0.4, -0.2) is 33.6 Å². The Morgan fingerprint density at radius 3 is 2.35 bits per heavy atom. The Hall–Kier alpha value is -3.33. The van der Waals surface area contributed by atoms with Gasteiger partial charge in [0.1, 0.15) is 5.82 Å². The molecule has 0 bridgehead atoms. The second-order valence-corrected chi connectivity index (χ2v) is 11.7. The fourth-order valence-corrected chi connectivity index (χ4v) is 6.37. The van der Waals surface area contributed by atoms with E-state index in [1.54, 1.807) is 0 Å². The Morgan fingerprint density at radius 1 is 0.950 bits per heavy atom. The van der Waals surface area contributed by atoms with E-state index in [0.29, 0.717) is 32.3 Å². The Morgan fingerprint density at radius 2 is 1.65 bits per heavy atom. The summed E-state index contributed by atoms with van der Waals surface area (Å²) in [7, 11) is -2.44. The summed E-state index contributed by atoms with van der Waals surface area (Å²) in [5, 5.41) is 0. The van der Waals surface area contributed by atoms with Crippen LogP contribution in [0.2, 0.25) is 0 Å². The number of sulfonamides is 1. The molecule has 0 heterocycles. The van der Waals surface area contributed by atoms with E-state index < -0.39 is 15.8 Å². The van der Waals surface area contributed by atoms with Gasteiger partial charge in [-0.1, -0.05) is 66.7 Å². The van der Waals surface area contributed by atoms with E-state index in [0.717, 1.165) is 41.7 Å². The molecule has 0 aliphatic heterocycles. The number of allylic oxidation sites excluding steroid dienone is 2. The summed E-state index contributed by atoms with van der Waals surface area (Å²) < 4.78 is 53.3. The highest BCUT2D eigenvalue weighted by atomic mass is 32.2. The van der Waals surface area contributed by atoms with Crippen molar-refractivity contribution >= 4 is 16.0 Å². The standard InChI is InChI=1S/C32H36FNO5S/c1-38-32(35)12-8-3-2-7-11-29-30(34-40(36,37)28-19-17-27(33)18-20-28)21-22-31(29)39-23-24-13-15-26(16-14-24)25-9-5-4-6-10-25/h2,4-7,9-10,13-20,29-31,34H,3,8,11-12,21-23H2,1H3/b7-2-/t29-,30+,31+/m1/s1. The minimum atomic E-state index is -3.81. The zero-order valence-electron chi connectivity index (χ0n) is 22.7. The van der Waals surface area contributed by atoms with E-state index in [2.05, 4.69) is 45.9 Å². The summed E-state index contributed by atoms with van der Waals surface area (Å²) in [6, 6.07) is 23.0. The Bertz CT molecular complexity index is 1360. The molecule has 1 fully saturated rings. The quantitative estimate of drug-likeness (QED) is 0.147. The lowest BCUT2D eigenvalue weighted by Crippen LogP contribution is -2.39. The van der Waals surface area contributed by atoms with Crippen molar-refractivity contribution in [3.8, 4) is 11.1 Å². The summed E-state index contributed by atoms with van der Waals surface area (Å²) in [5.41, 5.74) is 3.34. The Kier molecular flexibility index (Phi) is 10.6. The molecule has 1 aliphatic carbocycles. The normalized spacial score (nSPS) is 19.2. The fraction of sp³-hybridized carbons (Fsp3) is 0.344. The predicted octanol–water partition coefficient (Wildman–Crippen LogP) is 6.42. The van der Waals surface area contributed by atoms with Crippen molar-refractivity contribution in [2.24, 2.45) is 5.92 Å². The lowest BCUT2D eigenvalue weighted by molar-refractivity contribution is -0.140. The van der Waals surface area contributed by atoms with Crippen LogP contribution in [0, 0.1) is 11.7 Å². The lowest BCUT2D eigenvalue weighted by atomic mass is 9.97. The van der Waals surface area contributed by atoms with Gasteiger partial charge in [0, 0.05) is 18.4 Å². The first-order chi connectivity index (χ1) is 19.4. The minimum Gasteiger partial charge on any atom is -0.469 e. The number of rotatable bonds is 13. The molecule has 0 spiro atoms. The zero-order chi connectivity index (χ0) is 28.4. The van der Waals surface area contributed by atoms with Crippen LogP contribution < -0.4 is 4.72 Å². The number of ether oxygens (including phenoxy) is 2. The second kappa shape index (κ2) is 14.3. The van der Waals surface area contributed by atoms with Gasteiger partial charge in [0.05, 0.1) is 24.7 Å².